The number of hydrogen-bond acceptors (Lipinski definition) is 8. The lowest BCUT2D eigenvalue weighted by molar-refractivity contribution is -0.671. The summed E-state index contributed by atoms with van der Waals surface area (Å²) in [6.07, 6.45) is 11.9. The fourth-order valence-electron chi connectivity index (χ4n) is 4.06. The van der Waals surface area contributed by atoms with Crippen LogP contribution in [0.3, 0.4) is 0 Å². The standard InChI is InChI=1S/C28H34N9OS/c1-7-8-35(19-31-4)11-13-37(14-12-36-10-9-34(5)20-36)25-15-21(2)24(16-26(25)38-6)32-33-28-23(17-29)22(3)27(18-30)39-28/h7-10,15-16,19-20H,11-14H2,1-6H3/q+1/b8-7-,31-19?,33-32?. The number of nitrogens with zero attached hydrogens (tertiary/aromatic N) is 9. The van der Waals surface area contributed by atoms with E-state index in [0.29, 0.717) is 32.4 Å². The maximum Gasteiger partial charge on any atom is 0.243 e. The van der Waals surface area contributed by atoms with Crippen LogP contribution in [0.25, 0.3) is 0 Å². The number of aryl methyl sites for hydroxylation is 2. The van der Waals surface area contributed by atoms with Gasteiger partial charge in [-0.25, -0.2) is 9.13 Å². The van der Waals surface area contributed by atoms with Crippen molar-refractivity contribution in [2.75, 3.05) is 38.7 Å². The molecule has 2 aromatic heterocycles. The number of benzene rings is 1. The molecule has 0 fully saturated rings. The van der Waals surface area contributed by atoms with Gasteiger partial charge in [-0.05, 0) is 38.0 Å². The van der Waals surface area contributed by atoms with Gasteiger partial charge >= 0.3 is 0 Å². The van der Waals surface area contributed by atoms with Crippen molar-refractivity contribution in [1.82, 2.24) is 9.47 Å². The number of imidazole rings is 1. The molecule has 0 aliphatic carbocycles. The monoisotopic (exact) mass is 544 g/mol. The van der Waals surface area contributed by atoms with Crippen molar-refractivity contribution < 1.29 is 9.30 Å². The van der Waals surface area contributed by atoms with E-state index in [9.17, 15) is 10.5 Å². The molecule has 0 bridgehead atoms. The molecule has 3 aromatic rings. The van der Waals surface area contributed by atoms with Crippen LogP contribution in [-0.4, -0.2) is 49.6 Å². The Hall–Kier alpha value is -4.48. The van der Waals surface area contributed by atoms with Gasteiger partial charge in [-0.15, -0.1) is 21.6 Å². The molecule has 0 saturated carbocycles. The second kappa shape index (κ2) is 13.9. The van der Waals surface area contributed by atoms with Crippen LogP contribution in [0, 0.1) is 36.5 Å². The second-order valence-corrected chi connectivity index (χ2v) is 9.87. The lowest BCUT2D eigenvalue weighted by Gasteiger charge is -2.28. The highest BCUT2D eigenvalue weighted by atomic mass is 32.1. The summed E-state index contributed by atoms with van der Waals surface area (Å²) in [4.78, 5) is 8.99. The van der Waals surface area contributed by atoms with Crippen molar-refractivity contribution >= 4 is 34.1 Å². The van der Waals surface area contributed by atoms with Crippen molar-refractivity contribution in [3.8, 4) is 17.9 Å². The Morgan fingerprint density at radius 3 is 2.56 bits per heavy atom. The number of ether oxygens (including phenoxy) is 1. The van der Waals surface area contributed by atoms with E-state index in [-0.39, 0.29) is 0 Å². The Labute approximate surface area is 234 Å². The molecular formula is C28H34N9OS+. The van der Waals surface area contributed by atoms with Crippen LogP contribution < -0.4 is 14.2 Å². The van der Waals surface area contributed by atoms with Crippen LogP contribution in [0.1, 0.15) is 28.5 Å². The predicted molar refractivity (Wildman–Crippen MR) is 154 cm³/mol. The first kappa shape index (κ1) is 29.1. The molecule has 0 amide bonds. The lowest BCUT2D eigenvalue weighted by Crippen LogP contribution is -2.35. The van der Waals surface area contributed by atoms with E-state index in [4.69, 9.17) is 4.74 Å². The molecule has 3 rings (SSSR count). The minimum Gasteiger partial charge on any atom is -0.495 e. The van der Waals surface area contributed by atoms with Crippen LogP contribution in [0.2, 0.25) is 0 Å². The van der Waals surface area contributed by atoms with Gasteiger partial charge in [-0.1, -0.05) is 6.08 Å². The summed E-state index contributed by atoms with van der Waals surface area (Å²) in [5.41, 5.74) is 3.52. The van der Waals surface area contributed by atoms with Gasteiger partial charge in [0.15, 0.2) is 5.00 Å². The molecule has 0 spiro atoms. The third-order valence-corrected chi connectivity index (χ3v) is 7.19. The molecule has 202 valence electrons. The molecule has 0 aliphatic heterocycles. The lowest BCUT2D eigenvalue weighted by atomic mass is 10.1. The molecule has 2 heterocycles. The number of methoxy groups -OCH3 is 1. The quantitative estimate of drug-likeness (QED) is 0.135. The second-order valence-electron chi connectivity index (χ2n) is 8.87. The third-order valence-electron chi connectivity index (χ3n) is 6.11. The van der Waals surface area contributed by atoms with E-state index in [1.807, 2.05) is 56.3 Å². The summed E-state index contributed by atoms with van der Waals surface area (Å²) >= 11 is 1.17. The van der Waals surface area contributed by atoms with Crippen LogP contribution in [0.5, 0.6) is 5.75 Å². The topological polar surface area (TPSA) is 109 Å². The molecule has 0 radical (unpaired) electrons. The highest BCUT2D eigenvalue weighted by molar-refractivity contribution is 7.16. The van der Waals surface area contributed by atoms with Crippen LogP contribution >= 0.6 is 11.3 Å². The van der Waals surface area contributed by atoms with Gasteiger partial charge in [0.2, 0.25) is 6.33 Å². The van der Waals surface area contributed by atoms with Crippen molar-refractivity contribution in [3.63, 3.8) is 0 Å². The Balaban J connectivity index is 1.94. The zero-order valence-corrected chi connectivity index (χ0v) is 24.1. The van der Waals surface area contributed by atoms with E-state index in [1.165, 1.54) is 11.3 Å². The summed E-state index contributed by atoms with van der Waals surface area (Å²) in [5.74, 6) is 0.676. The van der Waals surface area contributed by atoms with Gasteiger partial charge in [0.25, 0.3) is 0 Å². The number of allylic oxidation sites excluding steroid dienone is 1. The minimum atomic E-state index is 0.382. The maximum atomic E-state index is 9.53. The van der Waals surface area contributed by atoms with E-state index < -0.39 is 0 Å². The fraction of sp³-hybridized carbons (Fsp3) is 0.357. The SMILES string of the molecule is C/C=C\N(C=NC)CCN(CCn1cc[n+](C)c1)c1cc(C)c(N=Nc2sc(C#N)c(C)c2C#N)cc1OC. The predicted octanol–water partition coefficient (Wildman–Crippen LogP) is 5.16. The highest BCUT2D eigenvalue weighted by Gasteiger charge is 2.18. The molecule has 39 heavy (non-hydrogen) atoms. The van der Waals surface area contributed by atoms with Crippen molar-refractivity contribution in [1.29, 1.82) is 10.5 Å². The van der Waals surface area contributed by atoms with Crippen molar-refractivity contribution in [2.45, 2.75) is 27.3 Å². The molecule has 0 N–H and O–H groups in total. The third kappa shape index (κ3) is 7.30. The average Bonchev–Trinajstić information content (AvgIpc) is 3.49. The fourth-order valence-corrected chi connectivity index (χ4v) is 4.93. The zero-order valence-electron chi connectivity index (χ0n) is 23.3. The number of aromatic nitrogens is 2. The molecule has 0 unspecified atom stereocenters. The number of aliphatic imine (C=N–C) groups is 1. The normalized spacial score (nSPS) is 11.4. The van der Waals surface area contributed by atoms with Gasteiger partial charge in [-0.3, -0.25) is 4.99 Å². The maximum absolute atomic E-state index is 9.53. The van der Waals surface area contributed by atoms with Gasteiger partial charge in [0, 0.05) is 32.4 Å². The summed E-state index contributed by atoms with van der Waals surface area (Å²) in [5, 5.41) is 28.1. The van der Waals surface area contributed by atoms with E-state index in [2.05, 4.69) is 60.3 Å². The number of nitriles is 2. The number of rotatable bonds is 12. The Kier molecular flexibility index (Phi) is 10.4. The highest BCUT2D eigenvalue weighted by Crippen LogP contribution is 2.38. The zero-order chi connectivity index (χ0) is 28.4. The number of azo groups is 1. The van der Waals surface area contributed by atoms with Crippen LogP contribution in [-0.2, 0) is 13.6 Å². The van der Waals surface area contributed by atoms with Gasteiger partial charge in [-0.2, -0.15) is 10.5 Å². The minimum absolute atomic E-state index is 0.382. The largest absolute Gasteiger partial charge is 0.495 e. The molecule has 0 atom stereocenters. The van der Waals surface area contributed by atoms with Gasteiger partial charge in [0.1, 0.15) is 41.7 Å². The molecule has 0 saturated heterocycles. The molecule has 11 heteroatoms. The van der Waals surface area contributed by atoms with Crippen molar-refractivity contribution in [2.24, 2.45) is 22.3 Å². The summed E-state index contributed by atoms with van der Waals surface area (Å²) in [6, 6.07) is 8.18. The van der Waals surface area contributed by atoms with E-state index in [1.54, 1.807) is 21.1 Å². The smallest absolute Gasteiger partial charge is 0.243 e. The Morgan fingerprint density at radius 2 is 1.95 bits per heavy atom. The Bertz CT molecular complexity index is 1440. The van der Waals surface area contributed by atoms with E-state index >= 15 is 0 Å². The molecular weight excluding hydrogens is 510 g/mol. The van der Waals surface area contributed by atoms with Gasteiger partial charge < -0.3 is 14.5 Å². The number of hydrogen-bond donors (Lipinski definition) is 0. The number of anilines is 1. The number of thiophene rings is 1. The molecule has 1 aromatic carbocycles. The van der Waals surface area contributed by atoms with Crippen molar-refractivity contribution in [3.05, 3.63) is 64.7 Å². The first-order valence-corrected chi connectivity index (χ1v) is 13.3. The van der Waals surface area contributed by atoms with Gasteiger partial charge in [0.05, 0.1) is 44.0 Å². The first-order chi connectivity index (χ1) is 18.8. The van der Waals surface area contributed by atoms with Crippen LogP contribution in [0.4, 0.5) is 16.4 Å². The summed E-state index contributed by atoms with van der Waals surface area (Å²) < 4.78 is 9.99. The average molecular weight is 545 g/mol. The first-order valence-electron chi connectivity index (χ1n) is 12.5. The Morgan fingerprint density at radius 1 is 1.15 bits per heavy atom. The molecule has 10 nitrogen and oxygen atoms in total. The summed E-state index contributed by atoms with van der Waals surface area (Å²) in [7, 11) is 5.41. The molecule has 0 aliphatic rings. The van der Waals surface area contributed by atoms with Crippen LogP contribution in [0.15, 0.2) is 58.4 Å². The van der Waals surface area contributed by atoms with E-state index in [0.717, 1.165) is 37.4 Å². The summed E-state index contributed by atoms with van der Waals surface area (Å²) in [6.45, 7) is 8.74.